The lowest BCUT2D eigenvalue weighted by Gasteiger charge is -2.11. The summed E-state index contributed by atoms with van der Waals surface area (Å²) < 4.78 is 40.7. The third-order valence-corrected chi connectivity index (χ3v) is 2.07. The average Bonchev–Trinajstić information content (AvgIpc) is 2.75. The number of aromatic carboxylic acids is 1. The number of aromatic nitrogens is 2. The smallest absolute Gasteiger partial charge is 0.476 e. The number of rotatable bonds is 4. The topological polar surface area (TPSA) is 73.6 Å². The predicted octanol–water partition coefficient (Wildman–Crippen LogP) is 2.32. The van der Waals surface area contributed by atoms with Gasteiger partial charge in [-0.2, -0.15) is 4.73 Å². The van der Waals surface area contributed by atoms with Crippen molar-refractivity contribution in [1.82, 2.24) is 9.71 Å². The highest BCUT2D eigenvalue weighted by molar-refractivity contribution is 5.85. The predicted molar refractivity (Wildman–Crippen MR) is 58.3 cm³/mol. The van der Waals surface area contributed by atoms with Gasteiger partial charge in [-0.3, -0.25) is 0 Å². The normalized spacial score (nSPS) is 11.2. The van der Waals surface area contributed by atoms with Crippen molar-refractivity contribution in [2.45, 2.75) is 6.36 Å². The molecule has 0 spiro atoms. The van der Waals surface area contributed by atoms with Crippen LogP contribution in [-0.4, -0.2) is 27.2 Å². The Kier molecular flexibility index (Phi) is 3.51. The number of halogens is 3. The maximum Gasteiger partial charge on any atom is 0.573 e. The van der Waals surface area contributed by atoms with Gasteiger partial charge in [-0.1, -0.05) is 6.07 Å². The molecule has 0 aliphatic heterocycles. The molecule has 0 fully saturated rings. The monoisotopic (exact) mass is 288 g/mol. The summed E-state index contributed by atoms with van der Waals surface area (Å²) >= 11 is 0. The number of ether oxygens (including phenoxy) is 1. The summed E-state index contributed by atoms with van der Waals surface area (Å²) in [5, 5.41) is 8.83. The van der Waals surface area contributed by atoms with E-state index in [4.69, 9.17) is 9.94 Å². The second kappa shape index (κ2) is 5.11. The van der Waals surface area contributed by atoms with E-state index in [0.717, 1.165) is 29.4 Å². The Hall–Kier alpha value is -2.71. The van der Waals surface area contributed by atoms with Crippen LogP contribution in [0.4, 0.5) is 13.2 Å². The Labute approximate surface area is 109 Å². The highest BCUT2D eigenvalue weighted by atomic mass is 19.4. The third-order valence-electron chi connectivity index (χ3n) is 2.07. The molecule has 1 N–H and O–H groups in total. The summed E-state index contributed by atoms with van der Waals surface area (Å²) in [6, 6.07) is 4.67. The minimum Gasteiger partial charge on any atom is -0.476 e. The Morgan fingerprint density at radius 2 is 2.00 bits per heavy atom. The third kappa shape index (κ3) is 3.40. The molecule has 0 radical (unpaired) electrons. The Morgan fingerprint density at radius 3 is 2.65 bits per heavy atom. The van der Waals surface area contributed by atoms with Gasteiger partial charge in [0, 0.05) is 6.07 Å². The van der Waals surface area contributed by atoms with E-state index in [1.54, 1.807) is 0 Å². The van der Waals surface area contributed by atoms with Gasteiger partial charge in [-0.15, -0.1) is 13.2 Å². The van der Waals surface area contributed by atoms with Crippen LogP contribution in [-0.2, 0) is 0 Å². The highest BCUT2D eigenvalue weighted by Gasteiger charge is 2.31. The van der Waals surface area contributed by atoms with E-state index in [1.165, 1.54) is 12.1 Å². The van der Waals surface area contributed by atoms with Gasteiger partial charge in [0.15, 0.2) is 11.4 Å². The van der Waals surface area contributed by atoms with E-state index in [2.05, 4.69) is 9.72 Å². The van der Waals surface area contributed by atoms with E-state index >= 15 is 0 Å². The van der Waals surface area contributed by atoms with Crippen LogP contribution < -0.4 is 9.57 Å². The molecule has 0 saturated heterocycles. The molecular formula is C11H7F3N2O4. The van der Waals surface area contributed by atoms with Crippen molar-refractivity contribution in [3.8, 4) is 11.5 Å². The van der Waals surface area contributed by atoms with Gasteiger partial charge < -0.3 is 14.7 Å². The number of carboxylic acid groups (broad SMARTS) is 1. The van der Waals surface area contributed by atoms with Crippen molar-refractivity contribution in [1.29, 1.82) is 0 Å². The quantitative estimate of drug-likeness (QED) is 0.934. The first-order chi connectivity index (χ1) is 9.35. The minimum atomic E-state index is -4.82. The van der Waals surface area contributed by atoms with E-state index < -0.39 is 18.1 Å². The Bertz CT molecular complexity index is 624. The number of nitrogens with zero attached hydrogens (tertiary/aromatic N) is 2. The molecule has 20 heavy (non-hydrogen) atoms. The molecule has 1 aromatic carbocycles. The molecule has 0 aliphatic rings. The highest BCUT2D eigenvalue weighted by Crippen LogP contribution is 2.26. The molecule has 0 aliphatic carbocycles. The molecule has 1 heterocycles. The van der Waals surface area contributed by atoms with Crippen LogP contribution >= 0.6 is 0 Å². The average molecular weight is 288 g/mol. The van der Waals surface area contributed by atoms with Crippen LogP contribution in [0.15, 0.2) is 36.8 Å². The zero-order chi connectivity index (χ0) is 14.8. The van der Waals surface area contributed by atoms with Crippen molar-refractivity contribution in [3.05, 3.63) is 42.5 Å². The lowest BCUT2D eigenvalue weighted by molar-refractivity contribution is -0.274. The van der Waals surface area contributed by atoms with Crippen LogP contribution in [0.25, 0.3) is 0 Å². The van der Waals surface area contributed by atoms with Gasteiger partial charge in [0.05, 0.1) is 6.20 Å². The summed E-state index contributed by atoms with van der Waals surface area (Å²) in [6.07, 6.45) is -2.71. The number of carboxylic acids is 1. The maximum absolute atomic E-state index is 12.1. The first-order valence-corrected chi connectivity index (χ1v) is 5.15. The first kappa shape index (κ1) is 13.7. The lowest BCUT2D eigenvalue weighted by Crippen LogP contribution is -2.17. The van der Waals surface area contributed by atoms with Crippen LogP contribution in [0, 0.1) is 0 Å². The summed E-state index contributed by atoms with van der Waals surface area (Å²) in [5.74, 6) is -1.80. The number of alkyl halides is 3. The molecule has 2 aromatic rings. The van der Waals surface area contributed by atoms with Crippen molar-refractivity contribution in [2.75, 3.05) is 0 Å². The second-order valence-corrected chi connectivity index (χ2v) is 3.52. The van der Waals surface area contributed by atoms with Crippen LogP contribution in [0.5, 0.6) is 11.5 Å². The van der Waals surface area contributed by atoms with E-state index in [9.17, 15) is 18.0 Å². The fraction of sp³-hybridized carbons (Fsp3) is 0.0909. The fourth-order valence-corrected chi connectivity index (χ4v) is 1.35. The number of benzene rings is 1. The lowest BCUT2D eigenvalue weighted by atomic mass is 10.3. The van der Waals surface area contributed by atoms with Gasteiger partial charge in [0.2, 0.25) is 0 Å². The summed E-state index contributed by atoms with van der Waals surface area (Å²) in [4.78, 5) is 19.5. The van der Waals surface area contributed by atoms with Gasteiger partial charge in [-0.25, -0.2) is 9.78 Å². The zero-order valence-electron chi connectivity index (χ0n) is 9.66. The summed E-state index contributed by atoms with van der Waals surface area (Å²) in [5.41, 5.74) is -0.271. The maximum atomic E-state index is 12.1. The standard InChI is InChI=1S/C11H7F3N2O4/c12-11(13,14)19-7-2-1-3-8(4-7)20-16-6-15-5-9(16)10(17)18/h1-6H,(H,17,18). The second-order valence-electron chi connectivity index (χ2n) is 3.52. The molecule has 9 heteroatoms. The first-order valence-electron chi connectivity index (χ1n) is 5.15. The zero-order valence-corrected chi connectivity index (χ0v) is 9.66. The van der Waals surface area contributed by atoms with Gasteiger partial charge >= 0.3 is 12.3 Å². The van der Waals surface area contributed by atoms with Crippen LogP contribution in [0.2, 0.25) is 0 Å². The molecule has 2 rings (SSSR count). The van der Waals surface area contributed by atoms with Crippen molar-refractivity contribution >= 4 is 5.97 Å². The largest absolute Gasteiger partial charge is 0.573 e. The number of imidazole rings is 1. The Balaban J connectivity index is 2.20. The fourth-order valence-electron chi connectivity index (χ4n) is 1.35. The summed E-state index contributed by atoms with van der Waals surface area (Å²) in [7, 11) is 0. The molecule has 6 nitrogen and oxygen atoms in total. The summed E-state index contributed by atoms with van der Waals surface area (Å²) in [6.45, 7) is 0. The molecule has 106 valence electrons. The molecule has 0 amide bonds. The molecule has 0 bridgehead atoms. The molecule has 1 aromatic heterocycles. The van der Waals surface area contributed by atoms with Crippen molar-refractivity contribution in [3.63, 3.8) is 0 Å². The van der Waals surface area contributed by atoms with Gasteiger partial charge in [-0.05, 0) is 12.1 Å². The minimum absolute atomic E-state index is 0.0350. The van der Waals surface area contributed by atoms with E-state index in [0.29, 0.717) is 0 Å². The van der Waals surface area contributed by atoms with Crippen molar-refractivity contribution in [2.24, 2.45) is 0 Å². The van der Waals surface area contributed by atoms with E-state index in [1.807, 2.05) is 0 Å². The number of carbonyl (C=O) groups is 1. The molecular weight excluding hydrogens is 281 g/mol. The van der Waals surface area contributed by atoms with Gasteiger partial charge in [0.25, 0.3) is 0 Å². The SMILES string of the molecule is O=C(O)c1cncn1Oc1cccc(OC(F)(F)F)c1. The van der Waals surface area contributed by atoms with E-state index in [-0.39, 0.29) is 11.4 Å². The Morgan fingerprint density at radius 1 is 1.30 bits per heavy atom. The number of hydrogen-bond donors (Lipinski definition) is 1. The molecule has 0 saturated carbocycles. The number of hydrogen-bond acceptors (Lipinski definition) is 4. The molecule has 0 unspecified atom stereocenters. The molecule has 0 atom stereocenters. The van der Waals surface area contributed by atoms with Crippen molar-refractivity contribution < 1.29 is 32.6 Å². The van der Waals surface area contributed by atoms with Crippen LogP contribution in [0.1, 0.15) is 10.5 Å². The van der Waals surface area contributed by atoms with Crippen LogP contribution in [0.3, 0.4) is 0 Å². The van der Waals surface area contributed by atoms with Gasteiger partial charge in [0.1, 0.15) is 12.1 Å².